The van der Waals surface area contributed by atoms with Crippen LogP contribution in [0.2, 0.25) is 0 Å². The van der Waals surface area contributed by atoms with E-state index in [1.54, 1.807) is 12.1 Å². The second-order valence-corrected chi connectivity index (χ2v) is 10.1. The van der Waals surface area contributed by atoms with Crippen molar-refractivity contribution < 1.29 is 13.2 Å². The zero-order valence-corrected chi connectivity index (χ0v) is 18.4. The first-order valence-electron chi connectivity index (χ1n) is 11.1. The molecular formula is C22H35N3O3S. The van der Waals surface area contributed by atoms with Crippen LogP contribution in [0.3, 0.4) is 0 Å². The van der Waals surface area contributed by atoms with Gasteiger partial charge in [0.2, 0.25) is 15.9 Å². The van der Waals surface area contributed by atoms with Crippen molar-refractivity contribution in [1.82, 2.24) is 14.9 Å². The van der Waals surface area contributed by atoms with Crippen molar-refractivity contribution in [2.75, 3.05) is 26.2 Å². The number of carbonyl (C=O) groups excluding carboxylic acids is 1. The van der Waals surface area contributed by atoms with Crippen molar-refractivity contribution in [1.29, 1.82) is 0 Å². The van der Waals surface area contributed by atoms with Gasteiger partial charge in [-0.05, 0) is 81.7 Å². The van der Waals surface area contributed by atoms with E-state index in [4.69, 9.17) is 0 Å². The first kappa shape index (κ1) is 22.2. The maximum atomic E-state index is 12.5. The fourth-order valence-electron chi connectivity index (χ4n) is 4.35. The van der Waals surface area contributed by atoms with E-state index in [-0.39, 0.29) is 18.9 Å². The maximum absolute atomic E-state index is 12.5. The number of nitrogens with one attached hydrogen (secondary N) is 2. The molecule has 7 heteroatoms. The Labute approximate surface area is 175 Å². The lowest BCUT2D eigenvalue weighted by atomic mass is 9.92. The molecule has 2 aliphatic rings. The van der Waals surface area contributed by atoms with Gasteiger partial charge in [0, 0.05) is 32.1 Å². The second-order valence-electron chi connectivity index (χ2n) is 8.37. The summed E-state index contributed by atoms with van der Waals surface area (Å²) in [7, 11) is -3.57. The highest BCUT2D eigenvalue weighted by atomic mass is 32.2. The van der Waals surface area contributed by atoms with Gasteiger partial charge in [0.15, 0.2) is 0 Å². The molecule has 0 aromatic heterocycles. The minimum absolute atomic E-state index is 0.107. The summed E-state index contributed by atoms with van der Waals surface area (Å²) in [6.45, 7) is 5.19. The Morgan fingerprint density at radius 3 is 2.69 bits per heavy atom. The predicted molar refractivity (Wildman–Crippen MR) is 115 cm³/mol. The van der Waals surface area contributed by atoms with Crippen LogP contribution in [-0.4, -0.2) is 51.4 Å². The minimum Gasteiger partial charge on any atom is -0.356 e. The summed E-state index contributed by atoms with van der Waals surface area (Å²) in [4.78, 5) is 14.8. The topological polar surface area (TPSA) is 78.5 Å². The van der Waals surface area contributed by atoms with Crippen LogP contribution >= 0.6 is 0 Å². The van der Waals surface area contributed by atoms with Gasteiger partial charge in [-0.3, -0.25) is 4.79 Å². The molecule has 1 unspecified atom stereocenters. The van der Waals surface area contributed by atoms with Crippen LogP contribution in [0.5, 0.6) is 0 Å². The molecule has 0 bridgehead atoms. The van der Waals surface area contributed by atoms with Crippen LogP contribution in [0.15, 0.2) is 23.1 Å². The summed E-state index contributed by atoms with van der Waals surface area (Å²) in [5, 5.41) is 2.90. The number of benzene rings is 1. The van der Waals surface area contributed by atoms with Crippen LogP contribution in [0.4, 0.5) is 0 Å². The second kappa shape index (κ2) is 10.5. The molecule has 1 saturated heterocycles. The fourth-order valence-corrected chi connectivity index (χ4v) is 5.43. The maximum Gasteiger partial charge on any atom is 0.240 e. The van der Waals surface area contributed by atoms with Gasteiger partial charge in [0.05, 0.1) is 4.90 Å². The quantitative estimate of drug-likeness (QED) is 0.601. The van der Waals surface area contributed by atoms with E-state index in [2.05, 4.69) is 21.9 Å². The Bertz CT molecular complexity index is 794. The monoisotopic (exact) mass is 421 g/mol. The van der Waals surface area contributed by atoms with Crippen LogP contribution in [0, 0.1) is 0 Å². The molecule has 3 rings (SSSR count). The number of aryl methyl sites for hydroxylation is 2. The van der Waals surface area contributed by atoms with E-state index in [1.807, 2.05) is 6.07 Å². The van der Waals surface area contributed by atoms with E-state index < -0.39 is 10.0 Å². The molecule has 0 radical (unpaired) electrons. The van der Waals surface area contributed by atoms with Crippen molar-refractivity contribution in [2.45, 2.75) is 75.6 Å². The van der Waals surface area contributed by atoms with Gasteiger partial charge in [0.1, 0.15) is 0 Å². The van der Waals surface area contributed by atoms with Crippen molar-refractivity contribution in [2.24, 2.45) is 0 Å². The Morgan fingerprint density at radius 1 is 1.10 bits per heavy atom. The highest BCUT2D eigenvalue weighted by Crippen LogP contribution is 2.24. The number of carbonyl (C=O) groups is 1. The highest BCUT2D eigenvalue weighted by Gasteiger charge is 2.19. The van der Waals surface area contributed by atoms with Gasteiger partial charge >= 0.3 is 0 Å². The molecule has 1 atom stereocenters. The number of hydrogen-bond acceptors (Lipinski definition) is 4. The lowest BCUT2D eigenvalue weighted by molar-refractivity contribution is -0.120. The number of hydrogen-bond donors (Lipinski definition) is 2. The molecular weight excluding hydrogens is 386 g/mol. The third kappa shape index (κ3) is 6.52. The van der Waals surface area contributed by atoms with Crippen molar-refractivity contribution in [3.8, 4) is 0 Å². The molecule has 0 saturated carbocycles. The molecule has 6 nitrogen and oxygen atoms in total. The number of fused-ring (bicyclic) bond motifs is 1. The summed E-state index contributed by atoms with van der Waals surface area (Å²) in [6.07, 6.45) is 9.18. The molecule has 1 aromatic rings. The summed E-state index contributed by atoms with van der Waals surface area (Å²) < 4.78 is 27.6. The fraction of sp³-hybridized carbons (Fsp3) is 0.682. The smallest absolute Gasteiger partial charge is 0.240 e. The van der Waals surface area contributed by atoms with Crippen LogP contribution in [-0.2, 0) is 27.7 Å². The van der Waals surface area contributed by atoms with Gasteiger partial charge in [0.25, 0.3) is 0 Å². The van der Waals surface area contributed by atoms with E-state index in [9.17, 15) is 13.2 Å². The lowest BCUT2D eigenvalue weighted by Crippen LogP contribution is -2.39. The highest BCUT2D eigenvalue weighted by molar-refractivity contribution is 7.89. The first-order chi connectivity index (χ1) is 14.0. The van der Waals surface area contributed by atoms with Crippen LogP contribution in [0.25, 0.3) is 0 Å². The molecule has 0 spiro atoms. The van der Waals surface area contributed by atoms with Gasteiger partial charge < -0.3 is 10.2 Å². The van der Waals surface area contributed by atoms with E-state index in [1.165, 1.54) is 31.2 Å². The predicted octanol–water partition coefficient (Wildman–Crippen LogP) is 2.61. The summed E-state index contributed by atoms with van der Waals surface area (Å²) in [5.74, 6) is -0.107. The third-order valence-electron chi connectivity index (χ3n) is 6.16. The molecule has 1 aliphatic heterocycles. The summed E-state index contributed by atoms with van der Waals surface area (Å²) in [6, 6.07) is 6.03. The third-order valence-corrected chi connectivity index (χ3v) is 7.62. The van der Waals surface area contributed by atoms with Gasteiger partial charge in [-0.2, -0.15) is 0 Å². The molecule has 1 amide bonds. The molecule has 1 aliphatic carbocycles. The number of piperidine rings is 1. The Kier molecular flexibility index (Phi) is 8.09. The van der Waals surface area contributed by atoms with Crippen LogP contribution < -0.4 is 10.0 Å². The SMILES string of the molecule is CC1CCCCN1CCCNC(=O)CCNS(=O)(=O)c1ccc2c(c1)CCCC2. The first-order valence-corrected chi connectivity index (χ1v) is 12.6. The van der Waals surface area contributed by atoms with Crippen molar-refractivity contribution in [3.05, 3.63) is 29.3 Å². The molecule has 1 fully saturated rings. The average molecular weight is 422 g/mol. The Morgan fingerprint density at radius 2 is 1.90 bits per heavy atom. The van der Waals surface area contributed by atoms with Crippen molar-refractivity contribution in [3.63, 3.8) is 0 Å². The average Bonchev–Trinajstić information content (AvgIpc) is 2.72. The van der Waals surface area contributed by atoms with Gasteiger partial charge in [-0.1, -0.05) is 12.5 Å². The summed E-state index contributed by atoms with van der Waals surface area (Å²) >= 11 is 0. The zero-order valence-electron chi connectivity index (χ0n) is 17.6. The van der Waals surface area contributed by atoms with E-state index in [0.717, 1.165) is 44.3 Å². The molecule has 1 heterocycles. The lowest BCUT2D eigenvalue weighted by Gasteiger charge is -2.33. The number of sulfonamides is 1. The standard InChI is InChI=1S/C22H35N3O3S/c1-18-7-4-5-15-25(18)16-6-13-23-22(26)12-14-24-29(27,28)21-11-10-19-8-2-3-9-20(19)17-21/h10-11,17-18,24H,2-9,12-16H2,1H3,(H,23,26). The van der Waals surface area contributed by atoms with Gasteiger partial charge in [-0.15, -0.1) is 0 Å². The van der Waals surface area contributed by atoms with E-state index >= 15 is 0 Å². The van der Waals surface area contributed by atoms with Crippen LogP contribution in [0.1, 0.15) is 63.0 Å². The molecule has 1 aromatic carbocycles. The molecule has 162 valence electrons. The van der Waals surface area contributed by atoms with E-state index in [0.29, 0.717) is 17.5 Å². The normalized spacial score (nSPS) is 20.2. The zero-order chi connectivity index (χ0) is 20.7. The molecule has 29 heavy (non-hydrogen) atoms. The number of amides is 1. The minimum atomic E-state index is -3.57. The Hall–Kier alpha value is -1.44. The number of nitrogens with zero attached hydrogens (tertiary/aromatic N) is 1. The van der Waals surface area contributed by atoms with Crippen molar-refractivity contribution >= 4 is 15.9 Å². The number of rotatable bonds is 9. The van der Waals surface area contributed by atoms with Gasteiger partial charge in [-0.25, -0.2) is 13.1 Å². The molecule has 2 N–H and O–H groups in total. The number of likely N-dealkylation sites (tertiary alicyclic amines) is 1. The summed E-state index contributed by atoms with van der Waals surface area (Å²) in [5.41, 5.74) is 2.40. The Balaban J connectivity index is 1.36. The largest absolute Gasteiger partial charge is 0.356 e.